The summed E-state index contributed by atoms with van der Waals surface area (Å²) in [4.78, 5) is 25.7. The Balaban J connectivity index is 1.89. The zero-order valence-electron chi connectivity index (χ0n) is 20.6. The van der Waals surface area contributed by atoms with Gasteiger partial charge in [0.25, 0.3) is 21.8 Å². The van der Waals surface area contributed by atoms with Crippen LogP contribution in [0.2, 0.25) is 0 Å². The molecule has 0 bridgehead atoms. The van der Waals surface area contributed by atoms with Crippen LogP contribution in [0.5, 0.6) is 0 Å². The molecule has 0 aromatic heterocycles. The number of para-hydroxylation sites is 1. The van der Waals surface area contributed by atoms with E-state index in [2.05, 4.69) is 15.4 Å². The van der Waals surface area contributed by atoms with E-state index in [1.54, 1.807) is 49.4 Å². The maximum atomic E-state index is 13.2. The van der Waals surface area contributed by atoms with Crippen LogP contribution in [0.25, 0.3) is 0 Å². The van der Waals surface area contributed by atoms with Gasteiger partial charge in [-0.2, -0.15) is 0 Å². The SMILES string of the molecule is CC[C@H](C)NC(=O)c1ccccc1NC(=O)c1ccc(C)c(S(=O)(=O)Nc2cc(C)ccc2C)c1. The zero-order chi connectivity index (χ0) is 25.8. The van der Waals surface area contributed by atoms with E-state index in [4.69, 9.17) is 0 Å². The van der Waals surface area contributed by atoms with Crippen molar-refractivity contribution in [2.45, 2.75) is 52.0 Å². The van der Waals surface area contributed by atoms with Gasteiger partial charge in [-0.1, -0.05) is 37.3 Å². The number of amides is 2. The summed E-state index contributed by atoms with van der Waals surface area (Å²) >= 11 is 0. The molecule has 0 fully saturated rings. The van der Waals surface area contributed by atoms with Gasteiger partial charge in [0.15, 0.2) is 0 Å². The zero-order valence-corrected chi connectivity index (χ0v) is 21.4. The van der Waals surface area contributed by atoms with Crippen LogP contribution in [0.15, 0.2) is 65.6 Å². The van der Waals surface area contributed by atoms with Crippen LogP contribution >= 0.6 is 0 Å². The highest BCUT2D eigenvalue weighted by molar-refractivity contribution is 7.92. The van der Waals surface area contributed by atoms with Crippen molar-refractivity contribution in [1.82, 2.24) is 5.32 Å². The van der Waals surface area contributed by atoms with Crippen LogP contribution in [-0.4, -0.2) is 26.3 Å². The molecule has 184 valence electrons. The fourth-order valence-corrected chi connectivity index (χ4v) is 4.86. The van der Waals surface area contributed by atoms with Crippen molar-refractivity contribution in [3.05, 3.63) is 88.5 Å². The lowest BCUT2D eigenvalue weighted by Gasteiger charge is -2.16. The topological polar surface area (TPSA) is 104 Å². The lowest BCUT2D eigenvalue weighted by Crippen LogP contribution is -2.32. The van der Waals surface area contributed by atoms with Gasteiger partial charge < -0.3 is 10.6 Å². The van der Waals surface area contributed by atoms with E-state index in [0.717, 1.165) is 17.5 Å². The molecule has 3 aromatic rings. The Hall–Kier alpha value is -3.65. The van der Waals surface area contributed by atoms with Crippen molar-refractivity contribution in [3.63, 3.8) is 0 Å². The van der Waals surface area contributed by atoms with Gasteiger partial charge in [-0.3, -0.25) is 14.3 Å². The van der Waals surface area contributed by atoms with Crippen molar-refractivity contribution in [3.8, 4) is 0 Å². The second kappa shape index (κ2) is 10.7. The first-order valence-corrected chi connectivity index (χ1v) is 12.9. The summed E-state index contributed by atoms with van der Waals surface area (Å²) in [5.74, 6) is -0.808. The highest BCUT2D eigenvalue weighted by Gasteiger charge is 2.21. The summed E-state index contributed by atoms with van der Waals surface area (Å²) in [5.41, 5.74) is 3.55. The molecule has 3 rings (SSSR count). The largest absolute Gasteiger partial charge is 0.350 e. The minimum atomic E-state index is -3.94. The fraction of sp³-hybridized carbons (Fsp3) is 0.259. The monoisotopic (exact) mass is 493 g/mol. The smallest absolute Gasteiger partial charge is 0.262 e. The maximum absolute atomic E-state index is 13.2. The van der Waals surface area contributed by atoms with E-state index in [0.29, 0.717) is 22.5 Å². The van der Waals surface area contributed by atoms with Crippen LogP contribution in [0.3, 0.4) is 0 Å². The van der Waals surface area contributed by atoms with Crippen molar-refractivity contribution < 1.29 is 18.0 Å². The van der Waals surface area contributed by atoms with Crippen molar-refractivity contribution in [1.29, 1.82) is 0 Å². The number of hydrogen-bond donors (Lipinski definition) is 3. The van der Waals surface area contributed by atoms with Crippen molar-refractivity contribution in [2.24, 2.45) is 0 Å². The van der Waals surface area contributed by atoms with Gasteiger partial charge in [0.2, 0.25) is 0 Å². The summed E-state index contributed by atoms with van der Waals surface area (Å²) in [5, 5.41) is 5.64. The van der Waals surface area contributed by atoms with Gasteiger partial charge >= 0.3 is 0 Å². The van der Waals surface area contributed by atoms with E-state index >= 15 is 0 Å². The number of rotatable bonds is 8. The molecule has 35 heavy (non-hydrogen) atoms. The molecule has 7 nitrogen and oxygen atoms in total. The van der Waals surface area contributed by atoms with E-state index in [9.17, 15) is 18.0 Å². The number of aryl methyl sites for hydroxylation is 3. The summed E-state index contributed by atoms with van der Waals surface area (Å²) in [6.45, 7) is 9.25. The van der Waals surface area contributed by atoms with Crippen LogP contribution in [0, 0.1) is 20.8 Å². The normalized spacial score (nSPS) is 12.0. The predicted molar refractivity (Wildman–Crippen MR) is 140 cm³/mol. The number of sulfonamides is 1. The summed E-state index contributed by atoms with van der Waals surface area (Å²) < 4.78 is 29.0. The third-order valence-corrected chi connectivity index (χ3v) is 7.29. The van der Waals surface area contributed by atoms with E-state index in [1.165, 1.54) is 6.07 Å². The standard InChI is InChI=1S/C27H31N3O4S/c1-6-20(5)28-27(32)22-9-7-8-10-23(22)29-26(31)21-14-13-19(4)25(16-21)35(33,34)30-24-15-17(2)11-12-18(24)3/h7-16,20,30H,6H2,1-5H3,(H,28,32)(H,29,31)/t20-/m0/s1. The maximum Gasteiger partial charge on any atom is 0.262 e. The second-order valence-corrected chi connectivity index (χ2v) is 10.3. The molecular weight excluding hydrogens is 462 g/mol. The summed E-state index contributed by atoms with van der Waals surface area (Å²) in [6.07, 6.45) is 0.775. The van der Waals surface area contributed by atoms with Gasteiger partial charge in [-0.25, -0.2) is 8.42 Å². The quantitative estimate of drug-likeness (QED) is 0.401. The molecule has 0 aliphatic carbocycles. The van der Waals surface area contributed by atoms with E-state index in [1.807, 2.05) is 39.8 Å². The average molecular weight is 494 g/mol. The van der Waals surface area contributed by atoms with E-state index in [-0.39, 0.29) is 22.4 Å². The Morgan fingerprint density at radius 3 is 2.26 bits per heavy atom. The highest BCUT2D eigenvalue weighted by Crippen LogP contribution is 2.25. The molecule has 0 spiro atoms. The fourth-order valence-electron chi connectivity index (χ4n) is 3.46. The summed E-state index contributed by atoms with van der Waals surface area (Å²) in [6, 6.07) is 16.7. The predicted octanol–water partition coefficient (Wildman–Crippen LogP) is 5.19. The Kier molecular flexibility index (Phi) is 7.96. The molecule has 0 saturated heterocycles. The Morgan fingerprint density at radius 2 is 1.54 bits per heavy atom. The minimum absolute atomic E-state index is 0.00820. The van der Waals surface area contributed by atoms with Crippen LogP contribution < -0.4 is 15.4 Å². The molecule has 1 atom stereocenters. The highest BCUT2D eigenvalue weighted by atomic mass is 32.2. The molecule has 3 N–H and O–H groups in total. The lowest BCUT2D eigenvalue weighted by atomic mass is 10.1. The number of benzene rings is 3. The van der Waals surface area contributed by atoms with Gasteiger partial charge in [0, 0.05) is 11.6 Å². The third kappa shape index (κ3) is 6.27. The first-order valence-electron chi connectivity index (χ1n) is 11.4. The molecule has 2 amide bonds. The molecule has 0 heterocycles. The molecule has 0 unspecified atom stereocenters. The lowest BCUT2D eigenvalue weighted by molar-refractivity contribution is 0.0940. The number of carbonyl (C=O) groups excluding carboxylic acids is 2. The van der Waals surface area contributed by atoms with Gasteiger partial charge in [0.1, 0.15) is 0 Å². The first-order chi connectivity index (χ1) is 16.5. The molecule has 8 heteroatoms. The van der Waals surface area contributed by atoms with Crippen molar-refractivity contribution in [2.75, 3.05) is 10.0 Å². The van der Waals surface area contributed by atoms with Gasteiger partial charge in [0.05, 0.1) is 21.8 Å². The Labute approximate surface area is 207 Å². The molecule has 0 radical (unpaired) electrons. The Morgan fingerprint density at radius 1 is 0.857 bits per heavy atom. The van der Waals surface area contributed by atoms with Crippen LogP contribution in [0.1, 0.15) is 57.7 Å². The second-order valence-electron chi connectivity index (χ2n) is 8.69. The number of carbonyl (C=O) groups is 2. The molecule has 0 aliphatic heterocycles. The average Bonchev–Trinajstić information content (AvgIpc) is 2.81. The molecule has 0 aliphatic rings. The third-order valence-electron chi connectivity index (χ3n) is 5.79. The molecule has 0 saturated carbocycles. The first kappa shape index (κ1) is 26.0. The van der Waals surface area contributed by atoms with Crippen LogP contribution in [0.4, 0.5) is 11.4 Å². The Bertz CT molecular complexity index is 1370. The number of nitrogens with one attached hydrogen (secondary N) is 3. The molecule has 3 aromatic carbocycles. The molecular formula is C27H31N3O4S. The van der Waals surface area contributed by atoms with Crippen molar-refractivity contribution >= 4 is 33.2 Å². The minimum Gasteiger partial charge on any atom is -0.350 e. The number of anilines is 2. The summed E-state index contributed by atoms with van der Waals surface area (Å²) in [7, 11) is -3.94. The van der Waals surface area contributed by atoms with Crippen LogP contribution in [-0.2, 0) is 10.0 Å². The van der Waals surface area contributed by atoms with Gasteiger partial charge in [-0.15, -0.1) is 0 Å². The van der Waals surface area contributed by atoms with E-state index < -0.39 is 15.9 Å². The number of hydrogen-bond acceptors (Lipinski definition) is 4. The van der Waals surface area contributed by atoms with Gasteiger partial charge in [-0.05, 0) is 81.1 Å².